The Kier molecular flexibility index (Phi) is 6.53. The molecule has 0 radical (unpaired) electrons. The molecule has 0 spiro atoms. The van der Waals surface area contributed by atoms with Crippen molar-refractivity contribution in [3.8, 4) is 0 Å². The van der Waals surface area contributed by atoms with Crippen LogP contribution in [-0.4, -0.2) is 50.1 Å². The first-order valence-corrected chi connectivity index (χ1v) is 9.75. The Hall–Kier alpha value is -4.53. The summed E-state index contributed by atoms with van der Waals surface area (Å²) in [4.78, 5) is 58.2. The third-order valence-electron chi connectivity index (χ3n) is 5.17. The van der Waals surface area contributed by atoms with Crippen LogP contribution in [-0.2, 0) is 4.79 Å². The smallest absolute Gasteiger partial charge is 0.336 e. The Balaban J connectivity index is 1.96. The Morgan fingerprint density at radius 2 is 0.970 bits per heavy atom. The van der Waals surface area contributed by atoms with Crippen LogP contribution in [0.15, 0.2) is 47.5 Å². The van der Waals surface area contributed by atoms with Crippen LogP contribution < -0.4 is 0 Å². The number of carbonyl (C=O) groups is 5. The minimum Gasteiger partial charge on any atom is -0.478 e. The number of Topliss-reactive ketones (excluding diaryl/α,β-unsaturated/α-hetero) is 1. The molecule has 9 nitrogen and oxygen atoms in total. The van der Waals surface area contributed by atoms with Gasteiger partial charge in [0, 0.05) is 11.1 Å². The van der Waals surface area contributed by atoms with E-state index >= 15 is 0 Å². The molecule has 1 saturated carbocycles. The number of carboxylic acids is 4. The summed E-state index contributed by atoms with van der Waals surface area (Å²) in [7, 11) is 0. The molecular weight excluding hydrogens is 432 g/mol. The van der Waals surface area contributed by atoms with Crippen LogP contribution in [0.25, 0.3) is 12.2 Å². The Morgan fingerprint density at radius 3 is 1.30 bits per heavy atom. The number of rotatable bonds is 6. The second-order valence-electron chi connectivity index (χ2n) is 7.35. The van der Waals surface area contributed by atoms with E-state index in [4.69, 9.17) is 10.2 Å². The molecule has 0 unspecified atom stereocenters. The molecule has 0 bridgehead atoms. The molecule has 0 aromatic heterocycles. The van der Waals surface area contributed by atoms with Gasteiger partial charge in [0.15, 0.2) is 5.78 Å². The van der Waals surface area contributed by atoms with Crippen LogP contribution in [0, 0.1) is 0 Å². The SMILES string of the molecule is O=C1C(=Cc2ccc(C(=O)O)c(C(=O)O)c2)CCCC1=Cc1ccc(C(=O)O)c(C(=O)O)c1. The normalized spacial score (nSPS) is 16.1. The summed E-state index contributed by atoms with van der Waals surface area (Å²) in [6, 6.07) is 7.54. The van der Waals surface area contributed by atoms with Gasteiger partial charge in [-0.1, -0.05) is 12.1 Å². The van der Waals surface area contributed by atoms with Crippen LogP contribution >= 0.6 is 0 Å². The van der Waals surface area contributed by atoms with Crippen molar-refractivity contribution < 1.29 is 44.4 Å². The molecule has 9 heteroatoms. The Morgan fingerprint density at radius 1 is 0.606 bits per heavy atom. The Bertz CT molecular complexity index is 1170. The molecule has 33 heavy (non-hydrogen) atoms. The molecule has 1 aliphatic rings. The summed E-state index contributed by atoms with van der Waals surface area (Å²) in [5, 5.41) is 36.8. The van der Waals surface area contributed by atoms with E-state index in [9.17, 15) is 34.2 Å². The number of allylic oxidation sites excluding steroid dienone is 2. The number of carboxylic acid groups (broad SMARTS) is 4. The zero-order chi connectivity index (χ0) is 24.3. The molecular formula is C24H18O9. The van der Waals surface area contributed by atoms with E-state index in [1.807, 2.05) is 0 Å². The van der Waals surface area contributed by atoms with Crippen LogP contribution in [0.4, 0.5) is 0 Å². The van der Waals surface area contributed by atoms with E-state index in [0.29, 0.717) is 41.5 Å². The summed E-state index contributed by atoms with van der Waals surface area (Å²) in [5.41, 5.74) is 0.00619. The summed E-state index contributed by atoms with van der Waals surface area (Å²) in [6.07, 6.45) is 4.48. The number of benzene rings is 2. The molecule has 4 N–H and O–H groups in total. The van der Waals surface area contributed by atoms with Crippen molar-refractivity contribution in [3.63, 3.8) is 0 Å². The largest absolute Gasteiger partial charge is 0.478 e. The fraction of sp³-hybridized carbons (Fsp3) is 0.125. The van der Waals surface area contributed by atoms with Crippen LogP contribution in [0.5, 0.6) is 0 Å². The number of ketones is 1. The second-order valence-corrected chi connectivity index (χ2v) is 7.35. The lowest BCUT2D eigenvalue weighted by Gasteiger charge is -2.17. The fourth-order valence-electron chi connectivity index (χ4n) is 3.61. The molecule has 0 amide bonds. The van der Waals surface area contributed by atoms with E-state index in [0.717, 1.165) is 0 Å². The number of carbonyl (C=O) groups excluding carboxylic acids is 1. The lowest BCUT2D eigenvalue weighted by Crippen LogP contribution is -2.13. The quantitative estimate of drug-likeness (QED) is 0.480. The summed E-state index contributed by atoms with van der Waals surface area (Å²) in [6.45, 7) is 0. The predicted octanol–water partition coefficient (Wildman–Crippen LogP) is 3.70. The first-order chi connectivity index (χ1) is 15.6. The molecule has 1 aliphatic carbocycles. The summed E-state index contributed by atoms with van der Waals surface area (Å²) in [5.74, 6) is -5.86. The highest BCUT2D eigenvalue weighted by atomic mass is 16.4. The van der Waals surface area contributed by atoms with Gasteiger partial charge in [-0.25, -0.2) is 19.2 Å². The third-order valence-corrected chi connectivity index (χ3v) is 5.17. The third kappa shape index (κ3) is 5.04. The molecule has 2 aromatic carbocycles. The molecule has 168 valence electrons. The van der Waals surface area contributed by atoms with Crippen molar-refractivity contribution in [1.29, 1.82) is 0 Å². The molecule has 0 saturated heterocycles. The van der Waals surface area contributed by atoms with Crippen LogP contribution in [0.3, 0.4) is 0 Å². The van der Waals surface area contributed by atoms with Gasteiger partial charge in [-0.3, -0.25) is 4.79 Å². The van der Waals surface area contributed by atoms with Crippen molar-refractivity contribution in [2.24, 2.45) is 0 Å². The zero-order valence-corrected chi connectivity index (χ0v) is 17.1. The van der Waals surface area contributed by atoms with Gasteiger partial charge in [-0.15, -0.1) is 0 Å². The van der Waals surface area contributed by atoms with Crippen molar-refractivity contribution in [3.05, 3.63) is 80.9 Å². The fourth-order valence-corrected chi connectivity index (χ4v) is 3.61. The first kappa shape index (κ1) is 23.1. The molecule has 1 fully saturated rings. The van der Waals surface area contributed by atoms with Gasteiger partial charge in [0.1, 0.15) is 0 Å². The lowest BCUT2D eigenvalue weighted by atomic mass is 9.86. The van der Waals surface area contributed by atoms with Gasteiger partial charge >= 0.3 is 23.9 Å². The van der Waals surface area contributed by atoms with Crippen molar-refractivity contribution in [2.45, 2.75) is 19.3 Å². The molecule has 0 heterocycles. The van der Waals surface area contributed by atoms with Crippen LogP contribution in [0.1, 0.15) is 71.8 Å². The van der Waals surface area contributed by atoms with E-state index in [1.54, 1.807) is 0 Å². The van der Waals surface area contributed by atoms with Gasteiger partial charge < -0.3 is 20.4 Å². The Labute approximate surface area is 186 Å². The van der Waals surface area contributed by atoms with Crippen LogP contribution in [0.2, 0.25) is 0 Å². The topological polar surface area (TPSA) is 166 Å². The molecule has 3 rings (SSSR count). The van der Waals surface area contributed by atoms with E-state index in [2.05, 4.69) is 0 Å². The van der Waals surface area contributed by atoms with E-state index in [1.165, 1.54) is 48.6 Å². The van der Waals surface area contributed by atoms with E-state index < -0.39 is 35.0 Å². The van der Waals surface area contributed by atoms with Gasteiger partial charge in [0.2, 0.25) is 0 Å². The number of hydrogen-bond donors (Lipinski definition) is 4. The predicted molar refractivity (Wildman–Crippen MR) is 116 cm³/mol. The van der Waals surface area contributed by atoms with E-state index in [-0.39, 0.29) is 16.9 Å². The van der Waals surface area contributed by atoms with Crippen molar-refractivity contribution >= 4 is 41.8 Å². The second kappa shape index (κ2) is 9.31. The van der Waals surface area contributed by atoms with Crippen molar-refractivity contribution in [1.82, 2.24) is 0 Å². The minimum absolute atomic E-state index is 0.306. The van der Waals surface area contributed by atoms with Gasteiger partial charge in [0.05, 0.1) is 22.3 Å². The average molecular weight is 450 g/mol. The van der Waals surface area contributed by atoms with Crippen molar-refractivity contribution in [2.75, 3.05) is 0 Å². The highest BCUT2D eigenvalue weighted by molar-refractivity contribution is 6.14. The maximum atomic E-state index is 13.0. The van der Waals surface area contributed by atoms with Gasteiger partial charge in [0.25, 0.3) is 0 Å². The minimum atomic E-state index is -1.40. The monoisotopic (exact) mass is 450 g/mol. The maximum absolute atomic E-state index is 13.0. The molecule has 2 aromatic rings. The average Bonchev–Trinajstić information content (AvgIpc) is 2.76. The zero-order valence-electron chi connectivity index (χ0n) is 17.1. The standard InChI is InChI=1S/C24H18O9/c25-20-14(8-12-4-6-16(21(26)27)18(10-12)23(30)31)2-1-3-15(20)9-13-5-7-17(22(28)29)19(11-13)24(32)33/h4-11H,1-3H2,(H,26,27)(H,28,29)(H,30,31)(H,32,33). The maximum Gasteiger partial charge on any atom is 0.336 e. The lowest BCUT2D eigenvalue weighted by molar-refractivity contribution is -0.112. The molecule has 0 aliphatic heterocycles. The molecule has 0 atom stereocenters. The van der Waals surface area contributed by atoms with Gasteiger partial charge in [-0.2, -0.15) is 0 Å². The number of aromatic carboxylic acids is 4. The van der Waals surface area contributed by atoms with Gasteiger partial charge in [-0.05, 0) is 66.8 Å². The number of hydrogen-bond acceptors (Lipinski definition) is 5. The first-order valence-electron chi connectivity index (χ1n) is 9.75. The highest BCUT2D eigenvalue weighted by Crippen LogP contribution is 2.29. The summed E-state index contributed by atoms with van der Waals surface area (Å²) >= 11 is 0. The summed E-state index contributed by atoms with van der Waals surface area (Å²) < 4.78 is 0. The highest BCUT2D eigenvalue weighted by Gasteiger charge is 2.22.